The molecule has 0 bridgehead atoms. The lowest BCUT2D eigenvalue weighted by Gasteiger charge is -2.58. The highest BCUT2D eigenvalue weighted by atomic mass is 16.5. The van der Waals surface area contributed by atoms with E-state index >= 15 is 0 Å². The molecule has 6 heteroatoms. The van der Waals surface area contributed by atoms with Crippen molar-refractivity contribution < 1.29 is 19.4 Å². The molecule has 1 saturated carbocycles. The lowest BCUT2D eigenvalue weighted by molar-refractivity contribution is -0.180. The predicted molar refractivity (Wildman–Crippen MR) is 75.2 cm³/mol. The minimum atomic E-state index is -1.04. The van der Waals surface area contributed by atoms with Gasteiger partial charge in [0.2, 0.25) is 5.91 Å². The zero-order valence-corrected chi connectivity index (χ0v) is 12.8. The molecular formula is C14H26N2O4. The van der Waals surface area contributed by atoms with E-state index in [1.807, 2.05) is 27.7 Å². The van der Waals surface area contributed by atoms with Crippen molar-refractivity contribution in [2.75, 3.05) is 19.7 Å². The number of ether oxygens (including phenoxy) is 1. The second kappa shape index (κ2) is 6.10. The van der Waals surface area contributed by atoms with Gasteiger partial charge in [0.1, 0.15) is 12.1 Å². The van der Waals surface area contributed by atoms with E-state index in [4.69, 9.17) is 15.6 Å². The van der Waals surface area contributed by atoms with Crippen molar-refractivity contribution in [1.82, 2.24) is 4.90 Å². The third-order valence-corrected chi connectivity index (χ3v) is 4.32. The summed E-state index contributed by atoms with van der Waals surface area (Å²) in [5.74, 6) is -1.31. The van der Waals surface area contributed by atoms with Crippen LogP contribution in [0.2, 0.25) is 0 Å². The maximum absolute atomic E-state index is 12.6. The van der Waals surface area contributed by atoms with Crippen LogP contribution in [0.1, 0.15) is 40.5 Å². The molecule has 116 valence electrons. The van der Waals surface area contributed by atoms with E-state index in [9.17, 15) is 9.59 Å². The van der Waals surface area contributed by atoms with Crippen LogP contribution < -0.4 is 5.73 Å². The summed E-state index contributed by atoms with van der Waals surface area (Å²) in [5.41, 5.74) is 4.75. The average Bonchev–Trinajstić information content (AvgIpc) is 2.36. The molecule has 0 aromatic carbocycles. The Morgan fingerprint density at radius 3 is 2.40 bits per heavy atom. The summed E-state index contributed by atoms with van der Waals surface area (Å²) in [6.07, 6.45) is 1.08. The SMILES string of the molecule is CCCN(CC(=O)O)C(=O)C1(N)CC(OCC)C1(C)C. The highest BCUT2D eigenvalue weighted by Gasteiger charge is 2.63. The van der Waals surface area contributed by atoms with Crippen LogP contribution >= 0.6 is 0 Å². The second-order valence-corrected chi connectivity index (χ2v) is 5.96. The number of aliphatic carboxylic acids is 1. The fraction of sp³-hybridized carbons (Fsp3) is 0.857. The van der Waals surface area contributed by atoms with Crippen LogP contribution in [-0.2, 0) is 14.3 Å². The largest absolute Gasteiger partial charge is 0.480 e. The fourth-order valence-corrected chi connectivity index (χ4v) is 2.77. The number of carboxylic acids is 1. The van der Waals surface area contributed by atoms with Gasteiger partial charge in [-0.2, -0.15) is 0 Å². The summed E-state index contributed by atoms with van der Waals surface area (Å²) in [6, 6.07) is 0. The number of carbonyl (C=O) groups is 2. The predicted octanol–water partition coefficient (Wildman–Crippen LogP) is 0.842. The summed E-state index contributed by atoms with van der Waals surface area (Å²) in [4.78, 5) is 24.9. The number of carbonyl (C=O) groups excluding carboxylic acids is 1. The Hall–Kier alpha value is -1.14. The van der Waals surface area contributed by atoms with Crippen molar-refractivity contribution >= 4 is 11.9 Å². The van der Waals surface area contributed by atoms with E-state index in [2.05, 4.69) is 0 Å². The molecule has 1 fully saturated rings. The Balaban J connectivity index is 2.86. The number of rotatable bonds is 7. The van der Waals surface area contributed by atoms with Gasteiger partial charge in [-0.25, -0.2) is 0 Å². The Bertz CT molecular complexity index is 383. The van der Waals surface area contributed by atoms with Gasteiger partial charge in [-0.3, -0.25) is 9.59 Å². The number of hydrogen-bond donors (Lipinski definition) is 2. The molecule has 1 aliphatic rings. The van der Waals surface area contributed by atoms with E-state index in [0.29, 0.717) is 26.0 Å². The van der Waals surface area contributed by atoms with Crippen LogP contribution in [-0.4, -0.2) is 53.2 Å². The van der Waals surface area contributed by atoms with Gasteiger partial charge in [-0.1, -0.05) is 20.8 Å². The Kier molecular flexibility index (Phi) is 5.15. The molecule has 0 aromatic heterocycles. The Morgan fingerprint density at radius 1 is 1.40 bits per heavy atom. The topological polar surface area (TPSA) is 92.9 Å². The summed E-state index contributed by atoms with van der Waals surface area (Å²) in [6.45, 7) is 8.29. The first-order valence-electron chi connectivity index (χ1n) is 7.12. The van der Waals surface area contributed by atoms with E-state index < -0.39 is 16.9 Å². The molecule has 6 nitrogen and oxygen atoms in total. The molecule has 0 aliphatic heterocycles. The van der Waals surface area contributed by atoms with Crippen LogP contribution in [0.3, 0.4) is 0 Å². The van der Waals surface area contributed by atoms with Crippen LogP contribution in [0, 0.1) is 5.41 Å². The quantitative estimate of drug-likeness (QED) is 0.723. The van der Waals surface area contributed by atoms with Crippen LogP contribution in [0.5, 0.6) is 0 Å². The number of carboxylic acid groups (broad SMARTS) is 1. The molecule has 20 heavy (non-hydrogen) atoms. The molecular weight excluding hydrogens is 260 g/mol. The van der Waals surface area contributed by atoms with Gasteiger partial charge in [-0.15, -0.1) is 0 Å². The fourth-order valence-electron chi connectivity index (χ4n) is 2.77. The Morgan fingerprint density at radius 2 is 2.00 bits per heavy atom. The second-order valence-electron chi connectivity index (χ2n) is 5.96. The third-order valence-electron chi connectivity index (χ3n) is 4.32. The standard InChI is InChI=1S/C14H26N2O4/c1-5-7-16(9-11(17)18)12(19)14(15)8-10(20-6-2)13(14,3)4/h10H,5-9,15H2,1-4H3,(H,17,18). The minimum absolute atomic E-state index is 0.0604. The van der Waals surface area contributed by atoms with Gasteiger partial charge in [0.05, 0.1) is 6.10 Å². The summed E-state index contributed by atoms with van der Waals surface area (Å²) in [7, 11) is 0. The highest BCUT2D eigenvalue weighted by molar-refractivity contribution is 5.91. The van der Waals surface area contributed by atoms with E-state index in [1.165, 1.54) is 4.90 Å². The van der Waals surface area contributed by atoms with Gasteiger partial charge in [0, 0.05) is 25.0 Å². The molecule has 0 spiro atoms. The zero-order valence-electron chi connectivity index (χ0n) is 12.8. The van der Waals surface area contributed by atoms with E-state index in [0.717, 1.165) is 0 Å². The average molecular weight is 286 g/mol. The first-order chi connectivity index (χ1) is 9.20. The number of nitrogens with two attached hydrogens (primary N) is 1. The normalized spacial score (nSPS) is 27.8. The van der Waals surface area contributed by atoms with Gasteiger partial charge in [0.15, 0.2) is 0 Å². The number of nitrogens with zero attached hydrogens (tertiary/aromatic N) is 1. The van der Waals surface area contributed by atoms with Gasteiger partial charge in [-0.05, 0) is 13.3 Å². The van der Waals surface area contributed by atoms with Crippen molar-refractivity contribution in [1.29, 1.82) is 0 Å². The minimum Gasteiger partial charge on any atom is -0.480 e. The van der Waals surface area contributed by atoms with Crippen molar-refractivity contribution in [3.8, 4) is 0 Å². The molecule has 1 rings (SSSR count). The van der Waals surface area contributed by atoms with Gasteiger partial charge < -0.3 is 20.5 Å². The summed E-state index contributed by atoms with van der Waals surface area (Å²) >= 11 is 0. The molecule has 0 saturated heterocycles. The van der Waals surface area contributed by atoms with E-state index in [-0.39, 0.29) is 18.6 Å². The molecule has 0 aromatic rings. The molecule has 2 atom stereocenters. The smallest absolute Gasteiger partial charge is 0.323 e. The first kappa shape index (κ1) is 16.9. The Labute approximate surface area is 120 Å². The summed E-state index contributed by atoms with van der Waals surface area (Å²) in [5, 5.41) is 8.92. The van der Waals surface area contributed by atoms with Crippen molar-refractivity contribution in [3.05, 3.63) is 0 Å². The molecule has 1 amide bonds. The molecule has 0 heterocycles. The van der Waals surface area contributed by atoms with Crippen LogP contribution in [0.4, 0.5) is 0 Å². The van der Waals surface area contributed by atoms with Gasteiger partial charge in [0.25, 0.3) is 0 Å². The summed E-state index contributed by atoms with van der Waals surface area (Å²) < 4.78 is 5.59. The van der Waals surface area contributed by atoms with Crippen LogP contribution in [0.25, 0.3) is 0 Å². The molecule has 0 radical (unpaired) electrons. The van der Waals surface area contributed by atoms with Crippen LogP contribution in [0.15, 0.2) is 0 Å². The third kappa shape index (κ3) is 2.81. The van der Waals surface area contributed by atoms with Crippen molar-refractivity contribution in [2.24, 2.45) is 11.1 Å². The molecule has 2 unspecified atom stereocenters. The number of hydrogen-bond acceptors (Lipinski definition) is 4. The zero-order chi connectivity index (χ0) is 15.6. The maximum Gasteiger partial charge on any atom is 0.323 e. The van der Waals surface area contributed by atoms with Crippen molar-refractivity contribution in [2.45, 2.75) is 52.2 Å². The monoisotopic (exact) mass is 286 g/mol. The molecule has 3 N–H and O–H groups in total. The van der Waals surface area contributed by atoms with Gasteiger partial charge >= 0.3 is 5.97 Å². The highest BCUT2D eigenvalue weighted by Crippen LogP contribution is 2.50. The van der Waals surface area contributed by atoms with E-state index in [1.54, 1.807) is 0 Å². The maximum atomic E-state index is 12.6. The molecule has 1 aliphatic carbocycles. The lowest BCUT2D eigenvalue weighted by Crippen LogP contribution is -2.76. The number of amides is 1. The van der Waals surface area contributed by atoms with Crippen molar-refractivity contribution in [3.63, 3.8) is 0 Å². The lowest BCUT2D eigenvalue weighted by atomic mass is 9.54. The first-order valence-corrected chi connectivity index (χ1v) is 7.12.